The summed E-state index contributed by atoms with van der Waals surface area (Å²) < 4.78 is 5.77. The summed E-state index contributed by atoms with van der Waals surface area (Å²) in [6, 6.07) is 14.6. The zero-order chi connectivity index (χ0) is 21.6. The molecule has 0 saturated carbocycles. The van der Waals surface area contributed by atoms with E-state index in [9.17, 15) is 9.90 Å². The van der Waals surface area contributed by atoms with Crippen molar-refractivity contribution in [2.24, 2.45) is 0 Å². The Bertz CT molecular complexity index is 876. The molecule has 1 saturated heterocycles. The molecule has 4 rings (SSSR count). The van der Waals surface area contributed by atoms with Crippen LogP contribution in [0.2, 0.25) is 0 Å². The molecule has 1 amide bonds. The molecule has 0 radical (unpaired) electrons. The van der Waals surface area contributed by atoms with Crippen molar-refractivity contribution in [3.63, 3.8) is 0 Å². The van der Waals surface area contributed by atoms with Crippen molar-refractivity contribution in [2.45, 2.75) is 38.7 Å². The van der Waals surface area contributed by atoms with E-state index in [0.717, 1.165) is 43.9 Å². The zero-order valence-corrected chi connectivity index (χ0v) is 18.3. The number of hydrogen-bond acceptors (Lipinski definition) is 5. The molecule has 2 aromatic carbocycles. The van der Waals surface area contributed by atoms with Crippen molar-refractivity contribution in [1.82, 2.24) is 4.90 Å². The molecule has 2 heterocycles. The van der Waals surface area contributed by atoms with Crippen LogP contribution in [0.3, 0.4) is 0 Å². The summed E-state index contributed by atoms with van der Waals surface area (Å²) in [5, 5.41) is 13.3. The van der Waals surface area contributed by atoms with Gasteiger partial charge in [0, 0.05) is 44.1 Å². The smallest absolute Gasteiger partial charge is 0.228 e. The molecule has 166 valence electrons. The van der Waals surface area contributed by atoms with Crippen LogP contribution in [0.1, 0.15) is 30.9 Å². The predicted molar refractivity (Wildman–Crippen MR) is 124 cm³/mol. The Balaban J connectivity index is 1.19. The summed E-state index contributed by atoms with van der Waals surface area (Å²) in [5.74, 6) is 0.709. The van der Waals surface area contributed by atoms with Gasteiger partial charge < -0.3 is 20.1 Å². The van der Waals surface area contributed by atoms with Gasteiger partial charge in [0.2, 0.25) is 5.91 Å². The monoisotopic (exact) mass is 423 g/mol. The highest BCUT2D eigenvalue weighted by molar-refractivity contribution is 5.99. The number of benzene rings is 2. The van der Waals surface area contributed by atoms with Crippen LogP contribution in [-0.4, -0.2) is 61.3 Å². The van der Waals surface area contributed by atoms with Gasteiger partial charge in [0.15, 0.2) is 0 Å². The fourth-order valence-electron chi connectivity index (χ4n) is 4.28. The number of carbonyl (C=O) groups excluding carboxylic acids is 1. The number of nitrogens with zero attached hydrogens (tertiary/aromatic N) is 2. The third-order valence-electron chi connectivity index (χ3n) is 6.11. The normalized spacial score (nSPS) is 17.4. The van der Waals surface area contributed by atoms with Crippen LogP contribution >= 0.6 is 0 Å². The molecule has 0 spiro atoms. The molecule has 1 atom stereocenters. The van der Waals surface area contributed by atoms with Gasteiger partial charge in [0.1, 0.15) is 18.5 Å². The molecule has 0 aromatic heterocycles. The first-order valence-corrected chi connectivity index (χ1v) is 11.4. The van der Waals surface area contributed by atoms with Gasteiger partial charge in [-0.15, -0.1) is 0 Å². The van der Waals surface area contributed by atoms with Gasteiger partial charge in [0.25, 0.3) is 0 Å². The van der Waals surface area contributed by atoms with Crippen LogP contribution < -0.4 is 15.0 Å². The Morgan fingerprint density at radius 1 is 1.10 bits per heavy atom. The van der Waals surface area contributed by atoms with Crippen molar-refractivity contribution >= 4 is 17.3 Å². The van der Waals surface area contributed by atoms with Gasteiger partial charge in [-0.2, -0.15) is 0 Å². The molecular weight excluding hydrogens is 390 g/mol. The molecule has 1 unspecified atom stereocenters. The lowest BCUT2D eigenvalue weighted by molar-refractivity contribution is -0.115. The molecule has 1 fully saturated rings. The van der Waals surface area contributed by atoms with Crippen LogP contribution in [0.25, 0.3) is 0 Å². The minimum atomic E-state index is -0.544. The van der Waals surface area contributed by atoms with Crippen molar-refractivity contribution < 1.29 is 14.6 Å². The Kier molecular flexibility index (Phi) is 7.10. The van der Waals surface area contributed by atoms with Gasteiger partial charge in [-0.25, -0.2) is 0 Å². The Labute approximate surface area is 184 Å². The maximum absolute atomic E-state index is 11.5. The van der Waals surface area contributed by atoms with Crippen LogP contribution in [0.15, 0.2) is 42.5 Å². The largest absolute Gasteiger partial charge is 0.491 e. The van der Waals surface area contributed by atoms with E-state index in [4.69, 9.17) is 4.74 Å². The van der Waals surface area contributed by atoms with E-state index in [1.165, 1.54) is 24.1 Å². The molecule has 0 aliphatic carbocycles. The quantitative estimate of drug-likeness (QED) is 0.649. The van der Waals surface area contributed by atoms with Crippen LogP contribution in [-0.2, 0) is 17.6 Å². The van der Waals surface area contributed by atoms with Crippen molar-refractivity contribution in [3.05, 3.63) is 53.6 Å². The highest BCUT2D eigenvalue weighted by Gasteiger charge is 2.21. The first-order chi connectivity index (χ1) is 15.1. The predicted octanol–water partition coefficient (Wildman–Crippen LogP) is 3.09. The van der Waals surface area contributed by atoms with Crippen molar-refractivity contribution in [3.8, 4) is 5.75 Å². The van der Waals surface area contributed by atoms with Crippen molar-refractivity contribution in [1.29, 1.82) is 0 Å². The standard InChI is InChI=1S/C25H33N3O3/c1-2-3-4-19-5-7-21(8-6-19)28-13-11-27(12-14-28)17-22(29)18-31-23-9-10-24-20(15-23)16-25(30)26-24/h5-10,15,22,29H,2-4,11-14,16-18H2,1H3,(H,26,30). The number of amides is 1. The number of piperazine rings is 1. The minimum Gasteiger partial charge on any atom is -0.491 e. The summed E-state index contributed by atoms with van der Waals surface area (Å²) in [5.41, 5.74) is 4.50. The lowest BCUT2D eigenvalue weighted by Gasteiger charge is -2.37. The molecule has 6 heteroatoms. The number of aliphatic hydroxyl groups excluding tert-OH is 1. The molecule has 2 N–H and O–H groups in total. The highest BCUT2D eigenvalue weighted by atomic mass is 16.5. The number of hydrogen-bond donors (Lipinski definition) is 2. The van der Waals surface area contributed by atoms with Crippen molar-refractivity contribution in [2.75, 3.05) is 49.5 Å². The molecule has 6 nitrogen and oxygen atoms in total. The summed E-state index contributed by atoms with van der Waals surface area (Å²) in [7, 11) is 0. The first-order valence-electron chi connectivity index (χ1n) is 11.4. The molecule has 2 aliphatic heterocycles. The molecule has 2 aliphatic rings. The van der Waals surface area contributed by atoms with E-state index in [1.807, 2.05) is 18.2 Å². The number of nitrogens with one attached hydrogen (secondary N) is 1. The van der Waals surface area contributed by atoms with Crippen LogP contribution in [0, 0.1) is 0 Å². The number of fused-ring (bicyclic) bond motifs is 1. The summed E-state index contributed by atoms with van der Waals surface area (Å²) in [6.45, 7) is 6.88. The summed E-state index contributed by atoms with van der Waals surface area (Å²) in [4.78, 5) is 16.2. The SMILES string of the molecule is CCCCc1ccc(N2CCN(CC(O)COc3ccc4c(c3)CC(=O)N4)CC2)cc1. The first kappa shape index (κ1) is 21.7. The van der Waals surface area contributed by atoms with E-state index in [1.54, 1.807) is 0 Å². The second-order valence-corrected chi connectivity index (χ2v) is 8.57. The van der Waals surface area contributed by atoms with Crippen LogP contribution in [0.5, 0.6) is 5.75 Å². The molecular formula is C25H33N3O3. The van der Waals surface area contributed by atoms with Gasteiger partial charge in [-0.1, -0.05) is 25.5 Å². The highest BCUT2D eigenvalue weighted by Crippen LogP contribution is 2.27. The molecule has 0 bridgehead atoms. The Morgan fingerprint density at radius 3 is 2.61 bits per heavy atom. The van der Waals surface area contributed by atoms with Crippen LogP contribution in [0.4, 0.5) is 11.4 Å². The lowest BCUT2D eigenvalue weighted by Crippen LogP contribution is -2.49. The third-order valence-corrected chi connectivity index (χ3v) is 6.11. The van der Waals surface area contributed by atoms with E-state index in [0.29, 0.717) is 18.7 Å². The molecule has 31 heavy (non-hydrogen) atoms. The second kappa shape index (κ2) is 10.2. The van der Waals surface area contributed by atoms with E-state index >= 15 is 0 Å². The topological polar surface area (TPSA) is 65.0 Å². The van der Waals surface area contributed by atoms with E-state index < -0.39 is 6.10 Å². The number of rotatable bonds is 9. The second-order valence-electron chi connectivity index (χ2n) is 8.57. The van der Waals surface area contributed by atoms with E-state index in [2.05, 4.69) is 46.3 Å². The fourth-order valence-corrected chi connectivity index (χ4v) is 4.28. The van der Waals surface area contributed by atoms with Gasteiger partial charge in [-0.3, -0.25) is 9.69 Å². The number of carbonyl (C=O) groups is 1. The number of β-amino-alcohol motifs (C(OH)–C–C–N with tert-alkyl or cyclic N) is 1. The van der Waals surface area contributed by atoms with Gasteiger partial charge >= 0.3 is 0 Å². The molecule has 2 aromatic rings. The maximum atomic E-state index is 11.5. The summed E-state index contributed by atoms with van der Waals surface area (Å²) in [6.07, 6.45) is 3.48. The van der Waals surface area contributed by atoms with Gasteiger partial charge in [0.05, 0.1) is 6.42 Å². The number of aliphatic hydroxyl groups is 1. The summed E-state index contributed by atoms with van der Waals surface area (Å²) >= 11 is 0. The Hall–Kier alpha value is -2.57. The fraction of sp³-hybridized carbons (Fsp3) is 0.480. The average molecular weight is 424 g/mol. The maximum Gasteiger partial charge on any atom is 0.228 e. The number of anilines is 2. The average Bonchev–Trinajstić information content (AvgIpc) is 3.16. The number of ether oxygens (including phenoxy) is 1. The minimum absolute atomic E-state index is 0.0127. The van der Waals surface area contributed by atoms with Gasteiger partial charge in [-0.05, 0) is 54.3 Å². The third kappa shape index (κ3) is 5.77. The number of aryl methyl sites for hydroxylation is 1. The lowest BCUT2D eigenvalue weighted by atomic mass is 10.1. The zero-order valence-electron chi connectivity index (χ0n) is 18.3. The number of unbranched alkanes of at least 4 members (excludes halogenated alkanes) is 1. The Morgan fingerprint density at radius 2 is 1.87 bits per heavy atom. The van der Waals surface area contributed by atoms with E-state index in [-0.39, 0.29) is 12.5 Å².